The first-order valence-corrected chi connectivity index (χ1v) is 7.87. The number of hydrogen-bond donors (Lipinski definition) is 3. The average molecular weight is 331 g/mol. The zero-order chi connectivity index (χ0) is 18.3. The lowest BCUT2D eigenvalue weighted by atomic mass is 10.1. The summed E-state index contributed by atoms with van der Waals surface area (Å²) in [6, 6.07) is 6.02. The Hall–Kier alpha value is -2.75. The molecule has 0 aliphatic rings. The smallest absolute Gasteiger partial charge is 0.319 e. The molecule has 0 saturated carbocycles. The van der Waals surface area contributed by atoms with Gasteiger partial charge in [-0.1, -0.05) is 6.92 Å². The van der Waals surface area contributed by atoms with E-state index in [0.717, 1.165) is 12.1 Å². The minimum Gasteiger partial charge on any atom is -0.378 e. The Labute approximate surface area is 143 Å². The van der Waals surface area contributed by atoms with Gasteiger partial charge in [0.05, 0.1) is 11.3 Å². The Bertz CT molecular complexity index is 636. The van der Waals surface area contributed by atoms with E-state index in [1.807, 2.05) is 38.9 Å². The van der Waals surface area contributed by atoms with Gasteiger partial charge in [0.25, 0.3) is 0 Å². The number of nitriles is 1. The van der Waals surface area contributed by atoms with E-state index < -0.39 is 12.1 Å². The van der Waals surface area contributed by atoms with Crippen molar-refractivity contribution in [3.05, 3.63) is 23.8 Å². The maximum Gasteiger partial charge on any atom is 0.319 e. The molecule has 0 bridgehead atoms. The maximum atomic E-state index is 12.1. The molecule has 3 N–H and O–H groups in total. The number of urea groups is 1. The van der Waals surface area contributed by atoms with Gasteiger partial charge in [-0.3, -0.25) is 4.79 Å². The number of amides is 3. The fraction of sp³-hybridized carbons (Fsp3) is 0.471. The largest absolute Gasteiger partial charge is 0.378 e. The predicted octanol–water partition coefficient (Wildman–Crippen LogP) is 2.05. The number of anilines is 2. The number of nitrogens with one attached hydrogen (secondary N) is 3. The van der Waals surface area contributed by atoms with Crippen LogP contribution in [0.25, 0.3) is 0 Å². The van der Waals surface area contributed by atoms with Gasteiger partial charge >= 0.3 is 6.03 Å². The summed E-state index contributed by atoms with van der Waals surface area (Å²) in [7, 11) is 3.74. The summed E-state index contributed by atoms with van der Waals surface area (Å²) < 4.78 is 0. The lowest BCUT2D eigenvalue weighted by Crippen LogP contribution is -2.48. The van der Waals surface area contributed by atoms with Gasteiger partial charge in [-0.2, -0.15) is 5.26 Å². The molecule has 0 saturated heterocycles. The van der Waals surface area contributed by atoms with Crippen molar-refractivity contribution < 1.29 is 9.59 Å². The molecule has 1 aromatic rings. The number of rotatable bonds is 6. The SMILES string of the molecule is CCC(C)NC(=O)C(C)NC(=O)Nc1cc(N(C)C)ccc1C#N. The molecule has 7 heteroatoms. The van der Waals surface area contributed by atoms with E-state index in [2.05, 4.69) is 16.0 Å². The van der Waals surface area contributed by atoms with Crippen LogP contribution in [0.4, 0.5) is 16.2 Å². The minimum atomic E-state index is -0.679. The van der Waals surface area contributed by atoms with Crippen molar-refractivity contribution in [1.82, 2.24) is 10.6 Å². The standard InChI is InChI=1S/C17H25N5O2/c1-6-11(2)19-16(23)12(3)20-17(24)21-15-9-14(22(4)5)8-7-13(15)10-18/h7-9,11-12H,6H2,1-5H3,(H,19,23)(H2,20,21,24). The van der Waals surface area contributed by atoms with Crippen LogP contribution in [0, 0.1) is 11.3 Å². The summed E-state index contributed by atoms with van der Waals surface area (Å²) in [4.78, 5) is 25.9. The molecule has 0 spiro atoms. The lowest BCUT2D eigenvalue weighted by molar-refractivity contribution is -0.123. The van der Waals surface area contributed by atoms with Crippen molar-refractivity contribution in [1.29, 1.82) is 5.26 Å². The van der Waals surface area contributed by atoms with Crippen molar-refractivity contribution in [2.45, 2.75) is 39.3 Å². The third-order valence-electron chi connectivity index (χ3n) is 3.63. The fourth-order valence-corrected chi connectivity index (χ4v) is 1.90. The summed E-state index contributed by atoms with van der Waals surface area (Å²) in [5.74, 6) is -0.248. The Kier molecular flexibility index (Phi) is 7.05. The van der Waals surface area contributed by atoms with Crippen molar-refractivity contribution >= 4 is 23.3 Å². The lowest BCUT2D eigenvalue weighted by Gasteiger charge is -2.19. The van der Waals surface area contributed by atoms with Crippen molar-refractivity contribution in [2.75, 3.05) is 24.3 Å². The van der Waals surface area contributed by atoms with Gasteiger partial charge in [0.15, 0.2) is 0 Å². The van der Waals surface area contributed by atoms with Crippen LogP contribution in [-0.2, 0) is 4.79 Å². The van der Waals surface area contributed by atoms with Crippen LogP contribution in [0.2, 0.25) is 0 Å². The van der Waals surface area contributed by atoms with E-state index in [1.54, 1.807) is 25.1 Å². The van der Waals surface area contributed by atoms with Gasteiger partial charge in [-0.05, 0) is 38.5 Å². The molecule has 0 heterocycles. The van der Waals surface area contributed by atoms with Gasteiger partial charge < -0.3 is 20.9 Å². The zero-order valence-corrected chi connectivity index (χ0v) is 14.8. The van der Waals surface area contributed by atoms with Gasteiger partial charge in [0, 0.05) is 25.8 Å². The molecule has 0 aliphatic heterocycles. The van der Waals surface area contributed by atoms with Crippen LogP contribution in [-0.4, -0.2) is 38.1 Å². The predicted molar refractivity (Wildman–Crippen MR) is 95.0 cm³/mol. The highest BCUT2D eigenvalue weighted by molar-refractivity contribution is 5.95. The normalized spacial score (nSPS) is 12.5. The minimum absolute atomic E-state index is 0.0479. The molecular formula is C17H25N5O2. The molecule has 1 rings (SSSR count). The zero-order valence-electron chi connectivity index (χ0n) is 14.8. The van der Waals surface area contributed by atoms with Crippen molar-refractivity contribution in [2.24, 2.45) is 0 Å². The summed E-state index contributed by atoms with van der Waals surface area (Å²) >= 11 is 0. The molecule has 7 nitrogen and oxygen atoms in total. The Morgan fingerprint density at radius 1 is 1.25 bits per heavy atom. The quantitative estimate of drug-likeness (QED) is 0.743. The summed E-state index contributed by atoms with van der Waals surface area (Å²) in [5, 5.41) is 17.2. The monoisotopic (exact) mass is 331 g/mol. The molecule has 130 valence electrons. The van der Waals surface area contributed by atoms with Crippen LogP contribution in [0.15, 0.2) is 18.2 Å². The van der Waals surface area contributed by atoms with E-state index in [1.165, 1.54) is 0 Å². The molecule has 1 aromatic carbocycles. The maximum absolute atomic E-state index is 12.1. The Balaban J connectivity index is 2.76. The molecular weight excluding hydrogens is 306 g/mol. The highest BCUT2D eigenvalue weighted by Gasteiger charge is 2.17. The topological polar surface area (TPSA) is 97.3 Å². The van der Waals surface area contributed by atoms with Crippen LogP contribution >= 0.6 is 0 Å². The first kappa shape index (κ1) is 19.3. The van der Waals surface area contributed by atoms with Gasteiger partial charge in [0.2, 0.25) is 5.91 Å². The molecule has 0 aromatic heterocycles. The van der Waals surface area contributed by atoms with E-state index >= 15 is 0 Å². The first-order chi connectivity index (χ1) is 11.3. The van der Waals surface area contributed by atoms with Crippen LogP contribution in [0.1, 0.15) is 32.8 Å². The molecule has 0 fully saturated rings. The Morgan fingerprint density at radius 2 is 1.92 bits per heavy atom. The summed E-state index contributed by atoms with van der Waals surface area (Å²) in [6.45, 7) is 5.48. The van der Waals surface area contributed by atoms with E-state index in [4.69, 9.17) is 5.26 Å². The molecule has 0 aliphatic carbocycles. The van der Waals surface area contributed by atoms with Crippen molar-refractivity contribution in [3.8, 4) is 6.07 Å². The molecule has 2 atom stereocenters. The van der Waals surface area contributed by atoms with Crippen LogP contribution in [0.3, 0.4) is 0 Å². The number of nitrogens with zero attached hydrogens (tertiary/aromatic N) is 2. The van der Waals surface area contributed by atoms with Gasteiger partial charge in [-0.15, -0.1) is 0 Å². The molecule has 24 heavy (non-hydrogen) atoms. The van der Waals surface area contributed by atoms with E-state index in [0.29, 0.717) is 11.3 Å². The molecule has 2 unspecified atom stereocenters. The second kappa shape index (κ2) is 8.77. The van der Waals surface area contributed by atoms with E-state index in [-0.39, 0.29) is 11.9 Å². The first-order valence-electron chi connectivity index (χ1n) is 7.87. The number of hydrogen-bond acceptors (Lipinski definition) is 4. The third kappa shape index (κ3) is 5.47. The number of carbonyl (C=O) groups is 2. The fourth-order valence-electron chi connectivity index (χ4n) is 1.90. The summed E-state index contributed by atoms with van der Waals surface area (Å²) in [5.41, 5.74) is 1.61. The number of carbonyl (C=O) groups excluding carboxylic acids is 2. The third-order valence-corrected chi connectivity index (χ3v) is 3.63. The van der Waals surface area contributed by atoms with Crippen LogP contribution in [0.5, 0.6) is 0 Å². The highest BCUT2D eigenvalue weighted by atomic mass is 16.2. The van der Waals surface area contributed by atoms with E-state index in [9.17, 15) is 9.59 Å². The molecule has 3 amide bonds. The van der Waals surface area contributed by atoms with Crippen molar-refractivity contribution in [3.63, 3.8) is 0 Å². The summed E-state index contributed by atoms with van der Waals surface area (Å²) in [6.07, 6.45) is 0.813. The molecule has 0 radical (unpaired) electrons. The number of benzene rings is 1. The second-order valence-corrected chi connectivity index (χ2v) is 5.87. The van der Waals surface area contributed by atoms with Gasteiger partial charge in [-0.25, -0.2) is 4.79 Å². The highest BCUT2D eigenvalue weighted by Crippen LogP contribution is 2.22. The second-order valence-electron chi connectivity index (χ2n) is 5.87. The van der Waals surface area contributed by atoms with Gasteiger partial charge in [0.1, 0.15) is 12.1 Å². The average Bonchev–Trinajstić information content (AvgIpc) is 2.54. The van der Waals surface area contributed by atoms with Crippen LogP contribution < -0.4 is 20.9 Å². The Morgan fingerprint density at radius 3 is 2.46 bits per heavy atom.